The van der Waals surface area contributed by atoms with Gasteiger partial charge in [-0.25, -0.2) is 13.2 Å². The van der Waals surface area contributed by atoms with Crippen molar-refractivity contribution in [1.29, 1.82) is 0 Å². The van der Waals surface area contributed by atoms with Crippen molar-refractivity contribution < 1.29 is 23.1 Å². The van der Waals surface area contributed by atoms with E-state index in [0.29, 0.717) is 18.7 Å². The minimum Gasteiger partial charge on any atom is -0.478 e. The normalized spacial score (nSPS) is 14.5. The molecule has 0 atom stereocenters. The Kier molecular flexibility index (Phi) is 3.77. The van der Waals surface area contributed by atoms with Gasteiger partial charge in [0.25, 0.3) is 0 Å². The number of benzene rings is 1. The van der Waals surface area contributed by atoms with Gasteiger partial charge >= 0.3 is 5.97 Å². The quantitative estimate of drug-likeness (QED) is 0.862. The summed E-state index contributed by atoms with van der Waals surface area (Å²) in [4.78, 5) is 10.9. The van der Waals surface area contributed by atoms with Crippen LogP contribution in [0.3, 0.4) is 0 Å². The summed E-state index contributed by atoms with van der Waals surface area (Å²) in [5, 5.41) is 8.91. The number of hydrogen-bond acceptors (Lipinski definition) is 4. The van der Waals surface area contributed by atoms with Gasteiger partial charge in [-0.1, -0.05) is 0 Å². The highest BCUT2D eigenvalue weighted by Gasteiger charge is 2.29. The van der Waals surface area contributed by atoms with E-state index in [4.69, 9.17) is 9.84 Å². The molecular formula is C12H15NO5S. The standard InChI is InChI=1S/C12H15NO5S/c1-18-6-7-19(16,17)13-5-4-9-8-10(12(14)15)2-3-11(9)13/h2-3,8H,4-7H2,1H3,(H,14,15). The third-order valence-corrected chi connectivity index (χ3v) is 4.79. The fourth-order valence-corrected chi connectivity index (χ4v) is 3.54. The van der Waals surface area contributed by atoms with E-state index in [1.165, 1.54) is 23.5 Å². The minimum atomic E-state index is -3.41. The second-order valence-corrected chi connectivity index (χ2v) is 6.29. The van der Waals surface area contributed by atoms with E-state index in [0.717, 1.165) is 5.56 Å². The highest BCUT2D eigenvalue weighted by molar-refractivity contribution is 7.92. The fraction of sp³-hybridized carbons (Fsp3) is 0.417. The van der Waals surface area contributed by atoms with Crippen LogP contribution in [0.2, 0.25) is 0 Å². The zero-order valence-electron chi connectivity index (χ0n) is 10.5. The molecule has 0 amide bonds. The first-order valence-electron chi connectivity index (χ1n) is 5.81. The monoisotopic (exact) mass is 285 g/mol. The summed E-state index contributed by atoms with van der Waals surface area (Å²) in [5.74, 6) is -1.09. The van der Waals surface area contributed by atoms with E-state index in [1.807, 2.05) is 0 Å². The molecule has 7 heteroatoms. The van der Waals surface area contributed by atoms with Gasteiger partial charge in [0.15, 0.2) is 0 Å². The molecule has 1 heterocycles. The number of rotatable bonds is 5. The number of aromatic carboxylic acids is 1. The topological polar surface area (TPSA) is 83.9 Å². The number of anilines is 1. The van der Waals surface area contributed by atoms with E-state index >= 15 is 0 Å². The molecule has 0 unspecified atom stereocenters. The molecule has 1 aliphatic heterocycles. The number of sulfonamides is 1. The van der Waals surface area contributed by atoms with Crippen molar-refractivity contribution in [2.24, 2.45) is 0 Å². The molecule has 0 saturated heterocycles. The number of methoxy groups -OCH3 is 1. The molecule has 1 N–H and O–H groups in total. The summed E-state index contributed by atoms with van der Waals surface area (Å²) in [6.07, 6.45) is 0.530. The molecule has 0 bridgehead atoms. The van der Waals surface area contributed by atoms with Crippen LogP contribution >= 0.6 is 0 Å². The predicted molar refractivity (Wildman–Crippen MR) is 70.1 cm³/mol. The van der Waals surface area contributed by atoms with E-state index in [2.05, 4.69) is 0 Å². The van der Waals surface area contributed by atoms with Crippen LogP contribution < -0.4 is 4.31 Å². The Labute approximate surface area is 111 Å². The maximum atomic E-state index is 12.1. The molecular weight excluding hydrogens is 270 g/mol. The smallest absolute Gasteiger partial charge is 0.335 e. The molecule has 0 aliphatic carbocycles. The number of ether oxygens (including phenoxy) is 1. The molecule has 2 rings (SSSR count). The van der Waals surface area contributed by atoms with Crippen molar-refractivity contribution in [1.82, 2.24) is 0 Å². The molecule has 6 nitrogen and oxygen atoms in total. The zero-order valence-corrected chi connectivity index (χ0v) is 11.3. The second kappa shape index (κ2) is 5.18. The lowest BCUT2D eigenvalue weighted by Gasteiger charge is -2.19. The van der Waals surface area contributed by atoms with E-state index < -0.39 is 16.0 Å². The average Bonchev–Trinajstić information content (AvgIpc) is 2.79. The molecule has 0 fully saturated rings. The Morgan fingerprint density at radius 1 is 1.47 bits per heavy atom. The molecule has 0 saturated carbocycles. The van der Waals surface area contributed by atoms with Crippen LogP contribution in [-0.2, 0) is 21.2 Å². The van der Waals surface area contributed by atoms with Crippen LogP contribution in [0.1, 0.15) is 15.9 Å². The highest BCUT2D eigenvalue weighted by Crippen LogP contribution is 2.31. The van der Waals surface area contributed by atoms with Crippen LogP contribution in [0.15, 0.2) is 18.2 Å². The zero-order chi connectivity index (χ0) is 14.0. The lowest BCUT2D eigenvalue weighted by Crippen LogP contribution is -2.32. The van der Waals surface area contributed by atoms with Crippen molar-refractivity contribution in [2.45, 2.75) is 6.42 Å². The number of nitrogens with zero attached hydrogens (tertiary/aromatic N) is 1. The molecule has 104 valence electrons. The number of carbonyl (C=O) groups is 1. The van der Waals surface area contributed by atoms with Gasteiger partial charge in [-0.05, 0) is 30.2 Å². The average molecular weight is 285 g/mol. The van der Waals surface area contributed by atoms with Gasteiger partial charge < -0.3 is 9.84 Å². The molecule has 0 radical (unpaired) electrons. The second-order valence-electron chi connectivity index (χ2n) is 4.28. The van der Waals surface area contributed by atoms with Crippen molar-refractivity contribution in [2.75, 3.05) is 30.3 Å². The molecule has 0 aromatic heterocycles. The summed E-state index contributed by atoms with van der Waals surface area (Å²) in [6, 6.07) is 4.50. The Morgan fingerprint density at radius 3 is 2.84 bits per heavy atom. The first-order chi connectivity index (χ1) is 8.95. The third-order valence-electron chi connectivity index (χ3n) is 3.06. The molecule has 0 spiro atoms. The Balaban J connectivity index is 2.30. The summed E-state index contributed by atoms with van der Waals surface area (Å²) >= 11 is 0. The SMILES string of the molecule is COCCS(=O)(=O)N1CCc2cc(C(=O)O)ccc21. The van der Waals surface area contributed by atoms with Crippen molar-refractivity contribution in [3.8, 4) is 0 Å². The summed E-state index contributed by atoms with van der Waals surface area (Å²) in [6.45, 7) is 0.492. The number of carboxylic acid groups (broad SMARTS) is 1. The Hall–Kier alpha value is -1.60. The molecule has 1 aromatic carbocycles. The number of fused-ring (bicyclic) bond motifs is 1. The van der Waals surface area contributed by atoms with E-state index in [-0.39, 0.29) is 17.9 Å². The van der Waals surface area contributed by atoms with Gasteiger partial charge in [0.05, 0.1) is 23.6 Å². The van der Waals surface area contributed by atoms with Crippen LogP contribution in [0, 0.1) is 0 Å². The fourth-order valence-electron chi connectivity index (χ4n) is 2.09. The van der Waals surface area contributed by atoms with Gasteiger partial charge in [-0.15, -0.1) is 0 Å². The Bertz CT molecular complexity index is 596. The minimum absolute atomic E-state index is 0.0797. The van der Waals surface area contributed by atoms with Gasteiger partial charge in [-0.2, -0.15) is 0 Å². The molecule has 1 aliphatic rings. The lowest BCUT2D eigenvalue weighted by atomic mass is 10.1. The highest BCUT2D eigenvalue weighted by atomic mass is 32.2. The number of carboxylic acids is 1. The maximum absolute atomic E-state index is 12.1. The van der Waals surface area contributed by atoms with Crippen LogP contribution in [-0.4, -0.2) is 45.5 Å². The largest absolute Gasteiger partial charge is 0.478 e. The number of hydrogen-bond donors (Lipinski definition) is 1. The van der Waals surface area contributed by atoms with E-state index in [1.54, 1.807) is 6.07 Å². The van der Waals surface area contributed by atoms with Crippen LogP contribution in [0.4, 0.5) is 5.69 Å². The van der Waals surface area contributed by atoms with Crippen molar-refractivity contribution in [3.05, 3.63) is 29.3 Å². The molecule has 19 heavy (non-hydrogen) atoms. The van der Waals surface area contributed by atoms with Gasteiger partial charge in [-0.3, -0.25) is 4.31 Å². The summed E-state index contributed by atoms with van der Waals surface area (Å²) in [7, 11) is -1.96. The van der Waals surface area contributed by atoms with Gasteiger partial charge in [0.1, 0.15) is 0 Å². The lowest BCUT2D eigenvalue weighted by molar-refractivity contribution is 0.0697. The third kappa shape index (κ3) is 2.71. The van der Waals surface area contributed by atoms with E-state index in [9.17, 15) is 13.2 Å². The predicted octanol–water partition coefficient (Wildman–Crippen LogP) is 0.724. The van der Waals surface area contributed by atoms with Gasteiger partial charge in [0.2, 0.25) is 10.0 Å². The van der Waals surface area contributed by atoms with Crippen LogP contribution in [0.5, 0.6) is 0 Å². The molecule has 1 aromatic rings. The summed E-state index contributed by atoms with van der Waals surface area (Å²) in [5.41, 5.74) is 1.50. The van der Waals surface area contributed by atoms with Crippen LogP contribution in [0.25, 0.3) is 0 Å². The van der Waals surface area contributed by atoms with Crippen molar-refractivity contribution in [3.63, 3.8) is 0 Å². The van der Waals surface area contributed by atoms with Gasteiger partial charge in [0, 0.05) is 13.7 Å². The Morgan fingerprint density at radius 2 is 2.21 bits per heavy atom. The van der Waals surface area contributed by atoms with Crippen molar-refractivity contribution >= 4 is 21.7 Å². The first kappa shape index (κ1) is 13.8. The first-order valence-corrected chi connectivity index (χ1v) is 7.42. The maximum Gasteiger partial charge on any atom is 0.335 e. The summed E-state index contributed by atoms with van der Waals surface area (Å²) < 4.78 is 30.3.